The fourth-order valence-corrected chi connectivity index (χ4v) is 1.45. The van der Waals surface area contributed by atoms with E-state index in [1.54, 1.807) is 18.2 Å². The van der Waals surface area contributed by atoms with E-state index in [1.807, 2.05) is 0 Å². The predicted molar refractivity (Wildman–Crippen MR) is 61.9 cm³/mol. The number of hydrogen-bond acceptors (Lipinski definition) is 3. The maximum atomic E-state index is 11.9. The molecule has 1 rings (SSSR count). The van der Waals surface area contributed by atoms with Crippen molar-refractivity contribution in [3.05, 3.63) is 23.8 Å². The first-order valence-corrected chi connectivity index (χ1v) is 5.44. The topological polar surface area (TPSA) is 30.5 Å². The average Bonchev–Trinajstić information content (AvgIpc) is 2.33. The normalized spacial score (nSPS) is 11.4. The van der Waals surface area contributed by atoms with E-state index in [-0.39, 0.29) is 6.54 Å². The fraction of sp³-hybridized carbons (Fsp3) is 0.500. The van der Waals surface area contributed by atoms with Crippen molar-refractivity contribution in [1.82, 2.24) is 5.32 Å². The van der Waals surface area contributed by atoms with Gasteiger partial charge in [-0.2, -0.15) is 13.2 Å². The molecule has 18 heavy (non-hydrogen) atoms. The van der Waals surface area contributed by atoms with Crippen molar-refractivity contribution in [3.63, 3.8) is 0 Å². The molecule has 102 valence electrons. The van der Waals surface area contributed by atoms with E-state index in [2.05, 4.69) is 5.32 Å². The molecular weight excluding hydrogens is 247 g/mol. The summed E-state index contributed by atoms with van der Waals surface area (Å²) in [6.45, 7) is 0.210. The molecule has 0 amide bonds. The van der Waals surface area contributed by atoms with Crippen LogP contribution in [0.2, 0.25) is 0 Å². The van der Waals surface area contributed by atoms with Crippen LogP contribution in [0, 0.1) is 0 Å². The summed E-state index contributed by atoms with van der Waals surface area (Å²) < 4.78 is 46.0. The van der Waals surface area contributed by atoms with Gasteiger partial charge in [-0.15, -0.1) is 0 Å². The molecule has 3 nitrogen and oxygen atoms in total. The van der Waals surface area contributed by atoms with E-state index in [0.717, 1.165) is 5.56 Å². The summed E-state index contributed by atoms with van der Waals surface area (Å²) >= 11 is 0. The molecule has 0 saturated carbocycles. The minimum atomic E-state index is -4.13. The van der Waals surface area contributed by atoms with Crippen LogP contribution in [0.15, 0.2) is 18.2 Å². The largest absolute Gasteiger partial charge is 0.497 e. The number of alkyl halides is 3. The molecule has 0 aromatic heterocycles. The number of methoxy groups -OCH3 is 2. The SMILES string of the molecule is COc1ccc(CNCCC(F)(F)F)c(OC)c1. The Morgan fingerprint density at radius 1 is 1.17 bits per heavy atom. The first-order valence-electron chi connectivity index (χ1n) is 5.44. The van der Waals surface area contributed by atoms with Gasteiger partial charge in [0, 0.05) is 24.7 Å². The van der Waals surface area contributed by atoms with Crippen molar-refractivity contribution in [2.45, 2.75) is 19.1 Å². The van der Waals surface area contributed by atoms with Crippen LogP contribution in [0.5, 0.6) is 11.5 Å². The van der Waals surface area contributed by atoms with Gasteiger partial charge in [0.25, 0.3) is 0 Å². The Balaban J connectivity index is 2.51. The first-order chi connectivity index (χ1) is 8.46. The van der Waals surface area contributed by atoms with Crippen LogP contribution < -0.4 is 14.8 Å². The van der Waals surface area contributed by atoms with Crippen molar-refractivity contribution in [1.29, 1.82) is 0 Å². The third-order valence-electron chi connectivity index (χ3n) is 2.39. The molecule has 0 bridgehead atoms. The van der Waals surface area contributed by atoms with E-state index in [1.165, 1.54) is 14.2 Å². The summed E-state index contributed by atoms with van der Waals surface area (Å²) in [7, 11) is 3.05. The lowest BCUT2D eigenvalue weighted by atomic mass is 10.2. The first kappa shape index (κ1) is 14.6. The second kappa shape index (κ2) is 6.49. The summed E-state index contributed by atoms with van der Waals surface area (Å²) in [5.41, 5.74) is 0.792. The molecule has 1 aromatic rings. The summed E-state index contributed by atoms with van der Waals surface area (Å²) in [6.07, 6.45) is -4.97. The van der Waals surface area contributed by atoms with Gasteiger partial charge in [-0.25, -0.2) is 0 Å². The molecular formula is C12H16F3NO2. The van der Waals surface area contributed by atoms with Crippen molar-refractivity contribution in [2.75, 3.05) is 20.8 Å². The van der Waals surface area contributed by atoms with Crippen LogP contribution in [-0.2, 0) is 6.54 Å². The van der Waals surface area contributed by atoms with E-state index in [0.29, 0.717) is 18.0 Å². The Hall–Kier alpha value is -1.43. The minimum Gasteiger partial charge on any atom is -0.497 e. The zero-order valence-corrected chi connectivity index (χ0v) is 10.3. The number of nitrogens with one attached hydrogen (secondary N) is 1. The molecule has 0 spiro atoms. The average molecular weight is 263 g/mol. The number of benzene rings is 1. The Bertz CT molecular complexity index is 380. The standard InChI is InChI=1S/C12H16F3NO2/c1-17-10-4-3-9(11(7-10)18-2)8-16-6-5-12(13,14)15/h3-4,7,16H,5-6,8H2,1-2H3. The number of ether oxygens (including phenoxy) is 2. The molecule has 0 unspecified atom stereocenters. The fourth-order valence-electron chi connectivity index (χ4n) is 1.45. The summed E-state index contributed by atoms with van der Waals surface area (Å²) in [5, 5.41) is 2.73. The van der Waals surface area contributed by atoms with Crippen molar-refractivity contribution >= 4 is 0 Å². The Morgan fingerprint density at radius 3 is 2.44 bits per heavy atom. The van der Waals surface area contributed by atoms with Gasteiger partial charge < -0.3 is 14.8 Å². The third-order valence-corrected chi connectivity index (χ3v) is 2.39. The smallest absolute Gasteiger partial charge is 0.390 e. The maximum Gasteiger partial charge on any atom is 0.390 e. The number of halogens is 3. The molecule has 0 aliphatic heterocycles. The molecule has 6 heteroatoms. The van der Waals surface area contributed by atoms with Gasteiger partial charge in [0.2, 0.25) is 0 Å². The van der Waals surface area contributed by atoms with Crippen molar-refractivity contribution in [2.24, 2.45) is 0 Å². The monoisotopic (exact) mass is 263 g/mol. The van der Waals surface area contributed by atoms with E-state index < -0.39 is 12.6 Å². The summed E-state index contributed by atoms with van der Waals surface area (Å²) in [6, 6.07) is 5.20. The zero-order chi connectivity index (χ0) is 13.6. The van der Waals surface area contributed by atoms with Gasteiger partial charge >= 0.3 is 6.18 Å². The molecule has 0 fully saturated rings. The van der Waals surface area contributed by atoms with Crippen LogP contribution in [0.1, 0.15) is 12.0 Å². The molecule has 0 saturated heterocycles. The van der Waals surface area contributed by atoms with Crippen molar-refractivity contribution < 1.29 is 22.6 Å². The Labute approximate surface area is 104 Å². The minimum absolute atomic E-state index is 0.112. The Kier molecular flexibility index (Phi) is 5.27. The Morgan fingerprint density at radius 2 is 1.89 bits per heavy atom. The van der Waals surface area contributed by atoms with Crippen LogP contribution in [0.4, 0.5) is 13.2 Å². The van der Waals surface area contributed by atoms with Gasteiger partial charge in [-0.1, -0.05) is 6.07 Å². The highest BCUT2D eigenvalue weighted by Gasteiger charge is 2.25. The van der Waals surface area contributed by atoms with E-state index >= 15 is 0 Å². The molecule has 1 N–H and O–H groups in total. The van der Waals surface area contributed by atoms with E-state index in [4.69, 9.17) is 9.47 Å². The molecule has 0 heterocycles. The lowest BCUT2D eigenvalue weighted by molar-refractivity contribution is -0.133. The highest BCUT2D eigenvalue weighted by molar-refractivity contribution is 5.40. The summed E-state index contributed by atoms with van der Waals surface area (Å²) in [5.74, 6) is 1.24. The lowest BCUT2D eigenvalue weighted by Crippen LogP contribution is -2.21. The van der Waals surface area contributed by atoms with Gasteiger partial charge in [0.15, 0.2) is 0 Å². The molecule has 0 radical (unpaired) electrons. The van der Waals surface area contributed by atoms with Crippen LogP contribution in [-0.4, -0.2) is 26.9 Å². The number of hydrogen-bond donors (Lipinski definition) is 1. The van der Waals surface area contributed by atoms with Crippen molar-refractivity contribution in [3.8, 4) is 11.5 Å². The van der Waals surface area contributed by atoms with Gasteiger partial charge in [0.05, 0.1) is 20.6 Å². The lowest BCUT2D eigenvalue weighted by Gasteiger charge is -2.12. The molecule has 1 aromatic carbocycles. The van der Waals surface area contributed by atoms with Gasteiger partial charge in [-0.05, 0) is 6.07 Å². The van der Waals surface area contributed by atoms with Crippen LogP contribution >= 0.6 is 0 Å². The van der Waals surface area contributed by atoms with Gasteiger partial charge in [-0.3, -0.25) is 0 Å². The predicted octanol–water partition coefficient (Wildman–Crippen LogP) is 2.75. The second-order valence-corrected chi connectivity index (χ2v) is 3.72. The second-order valence-electron chi connectivity index (χ2n) is 3.72. The summed E-state index contributed by atoms with van der Waals surface area (Å²) in [4.78, 5) is 0. The number of rotatable bonds is 6. The maximum absolute atomic E-state index is 11.9. The molecule has 0 aliphatic carbocycles. The quantitative estimate of drug-likeness (QED) is 0.800. The molecule has 0 atom stereocenters. The highest BCUT2D eigenvalue weighted by atomic mass is 19.4. The zero-order valence-electron chi connectivity index (χ0n) is 10.3. The van der Waals surface area contributed by atoms with Crippen LogP contribution in [0.3, 0.4) is 0 Å². The molecule has 0 aliphatic rings. The highest BCUT2D eigenvalue weighted by Crippen LogP contribution is 2.24. The van der Waals surface area contributed by atoms with Crippen LogP contribution in [0.25, 0.3) is 0 Å². The third kappa shape index (κ3) is 4.83. The van der Waals surface area contributed by atoms with E-state index in [9.17, 15) is 13.2 Å². The van der Waals surface area contributed by atoms with Gasteiger partial charge in [0.1, 0.15) is 11.5 Å².